The minimum atomic E-state index is -0.834. The van der Waals surface area contributed by atoms with Gasteiger partial charge in [-0.3, -0.25) is 4.79 Å². The lowest BCUT2D eigenvalue weighted by Crippen LogP contribution is -2.36. The first-order valence-corrected chi connectivity index (χ1v) is 6.30. The van der Waals surface area contributed by atoms with Crippen LogP contribution >= 0.6 is 0 Å². The average Bonchev–Trinajstić information content (AvgIpc) is 2.38. The van der Waals surface area contributed by atoms with Gasteiger partial charge in [0.1, 0.15) is 0 Å². The first-order valence-electron chi connectivity index (χ1n) is 6.30. The van der Waals surface area contributed by atoms with Crippen LogP contribution in [0.1, 0.15) is 31.7 Å². The highest BCUT2D eigenvalue weighted by Gasteiger charge is 2.08. The smallest absolute Gasteiger partial charge is 0.319 e. The zero-order valence-electron chi connectivity index (χ0n) is 11.2. The molecule has 106 valence electrons. The second kappa shape index (κ2) is 7.79. The second-order valence-corrected chi connectivity index (χ2v) is 4.47. The fourth-order valence-electron chi connectivity index (χ4n) is 1.65. The third kappa shape index (κ3) is 5.87. The molecule has 0 aliphatic carbocycles. The molecule has 0 saturated heterocycles. The maximum Gasteiger partial charge on any atom is 0.319 e. The van der Waals surface area contributed by atoms with E-state index in [1.165, 1.54) is 0 Å². The molecule has 0 radical (unpaired) electrons. The Bertz CT molecular complexity index is 505. The van der Waals surface area contributed by atoms with Crippen molar-refractivity contribution < 1.29 is 14.7 Å². The van der Waals surface area contributed by atoms with Crippen molar-refractivity contribution >= 4 is 17.7 Å². The van der Waals surface area contributed by atoms with E-state index in [1.54, 1.807) is 24.3 Å². The fraction of sp³-hybridized carbons (Fsp3) is 0.357. The highest BCUT2D eigenvalue weighted by atomic mass is 16.4. The number of urea groups is 1. The van der Waals surface area contributed by atoms with Gasteiger partial charge < -0.3 is 15.7 Å². The largest absolute Gasteiger partial charge is 0.481 e. The molecule has 1 aromatic carbocycles. The Morgan fingerprint density at radius 2 is 2.00 bits per heavy atom. The molecule has 0 fully saturated rings. The number of nitrogens with one attached hydrogen (secondary N) is 2. The van der Waals surface area contributed by atoms with Crippen molar-refractivity contribution in [3.8, 4) is 6.07 Å². The number of amides is 2. The summed E-state index contributed by atoms with van der Waals surface area (Å²) in [4.78, 5) is 22.0. The number of nitriles is 1. The average molecular weight is 275 g/mol. The predicted molar refractivity (Wildman–Crippen MR) is 74.3 cm³/mol. The SMILES string of the molecule is CC(CCCC(=O)O)NC(=O)Nc1ccc(C#N)cc1. The molecule has 0 aliphatic rings. The lowest BCUT2D eigenvalue weighted by atomic mass is 10.1. The molecular weight excluding hydrogens is 258 g/mol. The first-order chi connectivity index (χ1) is 9.51. The third-order valence-corrected chi connectivity index (χ3v) is 2.68. The number of carbonyl (C=O) groups excluding carboxylic acids is 1. The summed E-state index contributed by atoms with van der Waals surface area (Å²) in [6, 6.07) is 8.07. The van der Waals surface area contributed by atoms with Gasteiger partial charge in [-0.05, 0) is 44.0 Å². The van der Waals surface area contributed by atoms with Crippen molar-refractivity contribution in [2.45, 2.75) is 32.2 Å². The summed E-state index contributed by atoms with van der Waals surface area (Å²) in [5.41, 5.74) is 1.12. The Kier molecular flexibility index (Phi) is 6.04. The number of carboxylic acid groups (broad SMARTS) is 1. The van der Waals surface area contributed by atoms with Crippen molar-refractivity contribution in [3.63, 3.8) is 0 Å². The van der Waals surface area contributed by atoms with E-state index in [-0.39, 0.29) is 18.5 Å². The van der Waals surface area contributed by atoms with Crippen LogP contribution in [0.3, 0.4) is 0 Å². The maximum atomic E-state index is 11.7. The van der Waals surface area contributed by atoms with Gasteiger partial charge in [0.15, 0.2) is 0 Å². The minimum absolute atomic E-state index is 0.100. The van der Waals surface area contributed by atoms with Gasteiger partial charge in [0.05, 0.1) is 11.6 Å². The van der Waals surface area contributed by atoms with Gasteiger partial charge in [-0.15, -0.1) is 0 Å². The van der Waals surface area contributed by atoms with Crippen LogP contribution in [0.2, 0.25) is 0 Å². The van der Waals surface area contributed by atoms with Crippen molar-refractivity contribution in [1.29, 1.82) is 5.26 Å². The second-order valence-electron chi connectivity index (χ2n) is 4.47. The number of nitrogens with zero attached hydrogens (tertiary/aromatic N) is 1. The molecule has 2 amide bonds. The van der Waals surface area contributed by atoms with Crippen molar-refractivity contribution in [2.24, 2.45) is 0 Å². The van der Waals surface area contributed by atoms with E-state index in [4.69, 9.17) is 10.4 Å². The molecular formula is C14H17N3O3. The van der Waals surface area contributed by atoms with E-state index in [2.05, 4.69) is 10.6 Å². The van der Waals surface area contributed by atoms with Crippen LogP contribution in [0.15, 0.2) is 24.3 Å². The molecule has 0 aliphatic heterocycles. The quantitative estimate of drug-likeness (QED) is 0.741. The number of hydrogen-bond acceptors (Lipinski definition) is 3. The molecule has 0 saturated carbocycles. The van der Waals surface area contributed by atoms with E-state index < -0.39 is 5.97 Å². The Morgan fingerprint density at radius 1 is 1.35 bits per heavy atom. The van der Waals surface area contributed by atoms with Crippen LogP contribution in [0.5, 0.6) is 0 Å². The highest BCUT2D eigenvalue weighted by Crippen LogP contribution is 2.08. The van der Waals surface area contributed by atoms with Crippen LogP contribution in [-0.2, 0) is 4.79 Å². The molecule has 1 rings (SSSR count). The summed E-state index contributed by atoms with van der Waals surface area (Å²) >= 11 is 0. The van der Waals surface area contributed by atoms with E-state index in [1.807, 2.05) is 13.0 Å². The predicted octanol–water partition coefficient (Wildman–Crippen LogP) is 2.32. The number of benzene rings is 1. The maximum absolute atomic E-state index is 11.7. The molecule has 20 heavy (non-hydrogen) atoms. The number of anilines is 1. The van der Waals surface area contributed by atoms with Gasteiger partial charge in [-0.25, -0.2) is 4.79 Å². The first kappa shape index (κ1) is 15.5. The summed E-state index contributed by atoms with van der Waals surface area (Å²) in [7, 11) is 0. The molecule has 0 bridgehead atoms. The monoisotopic (exact) mass is 275 g/mol. The summed E-state index contributed by atoms with van der Waals surface area (Å²) in [6.45, 7) is 1.82. The number of carboxylic acids is 1. The number of rotatable bonds is 6. The molecule has 1 unspecified atom stereocenters. The molecule has 0 spiro atoms. The molecule has 3 N–H and O–H groups in total. The van der Waals surface area contributed by atoms with E-state index in [0.717, 1.165) is 0 Å². The van der Waals surface area contributed by atoms with Gasteiger partial charge in [0, 0.05) is 18.2 Å². The highest BCUT2D eigenvalue weighted by molar-refractivity contribution is 5.89. The van der Waals surface area contributed by atoms with Gasteiger partial charge in [0.25, 0.3) is 0 Å². The number of hydrogen-bond donors (Lipinski definition) is 3. The number of carbonyl (C=O) groups is 2. The fourth-order valence-corrected chi connectivity index (χ4v) is 1.65. The molecule has 1 aromatic rings. The summed E-state index contributed by atoms with van der Waals surface area (Å²) in [6.07, 6.45) is 1.23. The minimum Gasteiger partial charge on any atom is -0.481 e. The third-order valence-electron chi connectivity index (χ3n) is 2.68. The van der Waals surface area contributed by atoms with Gasteiger partial charge >= 0.3 is 12.0 Å². The van der Waals surface area contributed by atoms with Gasteiger partial charge in [-0.2, -0.15) is 5.26 Å². The van der Waals surface area contributed by atoms with Gasteiger partial charge in [-0.1, -0.05) is 0 Å². The van der Waals surface area contributed by atoms with E-state index in [9.17, 15) is 9.59 Å². The van der Waals surface area contributed by atoms with Crippen molar-refractivity contribution in [3.05, 3.63) is 29.8 Å². The van der Waals surface area contributed by atoms with Crippen molar-refractivity contribution in [1.82, 2.24) is 5.32 Å². The summed E-state index contributed by atoms with van der Waals surface area (Å²) in [5.74, 6) is -0.834. The van der Waals surface area contributed by atoms with E-state index in [0.29, 0.717) is 24.1 Å². The van der Waals surface area contributed by atoms with Crippen LogP contribution in [-0.4, -0.2) is 23.1 Å². The molecule has 1 atom stereocenters. The topological polar surface area (TPSA) is 102 Å². The summed E-state index contributed by atoms with van der Waals surface area (Å²) in [5, 5.41) is 22.6. The zero-order valence-corrected chi connectivity index (χ0v) is 11.2. The summed E-state index contributed by atoms with van der Waals surface area (Å²) < 4.78 is 0. The Balaban J connectivity index is 2.35. The van der Waals surface area contributed by atoms with Crippen LogP contribution in [0.25, 0.3) is 0 Å². The lowest BCUT2D eigenvalue weighted by molar-refractivity contribution is -0.137. The molecule has 6 nitrogen and oxygen atoms in total. The van der Waals surface area contributed by atoms with Crippen LogP contribution in [0, 0.1) is 11.3 Å². The number of aliphatic carboxylic acids is 1. The normalized spacial score (nSPS) is 11.2. The van der Waals surface area contributed by atoms with Crippen molar-refractivity contribution in [2.75, 3.05) is 5.32 Å². The Labute approximate surface area is 117 Å². The zero-order chi connectivity index (χ0) is 15.0. The standard InChI is InChI=1S/C14H17N3O3/c1-10(3-2-4-13(18)19)16-14(20)17-12-7-5-11(9-15)6-8-12/h5-8,10H,2-4H2,1H3,(H,18,19)(H2,16,17,20). The Hall–Kier alpha value is -2.55. The Morgan fingerprint density at radius 3 is 2.55 bits per heavy atom. The molecule has 0 heterocycles. The lowest BCUT2D eigenvalue weighted by Gasteiger charge is -2.14. The van der Waals surface area contributed by atoms with Gasteiger partial charge in [0.2, 0.25) is 0 Å². The van der Waals surface area contributed by atoms with E-state index >= 15 is 0 Å². The molecule has 6 heteroatoms. The van der Waals surface area contributed by atoms with Crippen LogP contribution < -0.4 is 10.6 Å². The molecule has 0 aromatic heterocycles. The van der Waals surface area contributed by atoms with Crippen LogP contribution in [0.4, 0.5) is 10.5 Å².